The third kappa shape index (κ3) is 6.45. The van der Waals surface area contributed by atoms with Gasteiger partial charge in [-0.2, -0.15) is 0 Å². The summed E-state index contributed by atoms with van der Waals surface area (Å²) in [7, 11) is 0.246. The maximum absolute atomic E-state index is 11.6. The van der Waals surface area contributed by atoms with E-state index in [-0.39, 0.29) is 41.5 Å². The normalized spacial score (nSPS) is 18.8. The van der Waals surface area contributed by atoms with Crippen LogP contribution in [0, 0.1) is 0 Å². The average Bonchev–Trinajstić information content (AvgIpc) is 2.90. The van der Waals surface area contributed by atoms with Gasteiger partial charge in [-0.25, -0.2) is 13.4 Å². The van der Waals surface area contributed by atoms with E-state index in [9.17, 15) is 8.42 Å². The van der Waals surface area contributed by atoms with Crippen molar-refractivity contribution in [3.63, 3.8) is 0 Å². The predicted molar refractivity (Wildman–Crippen MR) is 118 cm³/mol. The molecule has 0 bridgehead atoms. The van der Waals surface area contributed by atoms with Crippen LogP contribution in [0.2, 0.25) is 0 Å². The highest BCUT2D eigenvalue weighted by molar-refractivity contribution is 14.0. The van der Waals surface area contributed by atoms with Gasteiger partial charge < -0.3 is 20.1 Å². The minimum atomic E-state index is -2.93. The van der Waals surface area contributed by atoms with Crippen molar-refractivity contribution in [3.8, 4) is 11.5 Å². The predicted octanol–water partition coefficient (Wildman–Crippen LogP) is 2.33. The molecule has 1 aliphatic rings. The number of nitrogens with zero attached hydrogens (tertiary/aromatic N) is 1. The largest absolute Gasteiger partial charge is 0.493 e. The van der Waals surface area contributed by atoms with Crippen LogP contribution in [0.3, 0.4) is 0 Å². The molecule has 2 rings (SSSR count). The highest BCUT2D eigenvalue weighted by Gasteiger charge is 2.28. The molecule has 0 spiro atoms. The van der Waals surface area contributed by atoms with E-state index in [1.165, 1.54) is 0 Å². The maximum Gasteiger partial charge on any atom is 0.191 e. The SMILES string of the molecule is CCNC(=NCc1cc(Br)c(OC)c(OC)c1)NC1CCS(=O)(=O)C1.I. The van der Waals surface area contributed by atoms with E-state index < -0.39 is 9.84 Å². The molecule has 1 aliphatic heterocycles. The van der Waals surface area contributed by atoms with E-state index in [1.807, 2.05) is 19.1 Å². The summed E-state index contributed by atoms with van der Waals surface area (Å²) in [5, 5.41) is 6.35. The van der Waals surface area contributed by atoms with Gasteiger partial charge in [0.15, 0.2) is 27.3 Å². The molecule has 2 N–H and O–H groups in total. The molecule has 1 atom stereocenters. The zero-order chi connectivity index (χ0) is 18.4. The Morgan fingerprint density at radius 1 is 1.35 bits per heavy atom. The molecule has 0 amide bonds. The lowest BCUT2D eigenvalue weighted by Gasteiger charge is -2.16. The van der Waals surface area contributed by atoms with Crippen molar-refractivity contribution < 1.29 is 17.9 Å². The average molecular weight is 562 g/mol. The first kappa shape index (κ1) is 23.3. The summed E-state index contributed by atoms with van der Waals surface area (Å²) in [4.78, 5) is 4.55. The zero-order valence-electron chi connectivity index (χ0n) is 15.0. The number of guanidine groups is 1. The molecule has 1 aromatic rings. The van der Waals surface area contributed by atoms with Crippen molar-refractivity contribution in [2.24, 2.45) is 4.99 Å². The Morgan fingerprint density at radius 3 is 2.62 bits per heavy atom. The second-order valence-electron chi connectivity index (χ2n) is 5.75. The Kier molecular flexibility index (Phi) is 9.45. The lowest BCUT2D eigenvalue weighted by molar-refractivity contribution is 0.352. The summed E-state index contributed by atoms with van der Waals surface area (Å²) in [6, 6.07) is 3.70. The summed E-state index contributed by atoms with van der Waals surface area (Å²) in [6.45, 7) is 3.09. The van der Waals surface area contributed by atoms with Crippen molar-refractivity contribution >= 4 is 55.7 Å². The molecule has 1 fully saturated rings. The Labute approximate surface area is 180 Å². The van der Waals surface area contributed by atoms with Crippen LogP contribution < -0.4 is 20.1 Å². The van der Waals surface area contributed by atoms with E-state index in [4.69, 9.17) is 9.47 Å². The number of ether oxygens (including phenoxy) is 2. The Bertz CT molecular complexity index is 743. The van der Waals surface area contributed by atoms with Crippen molar-refractivity contribution in [2.75, 3.05) is 32.3 Å². The number of aliphatic imine (C=N–C) groups is 1. The van der Waals surface area contributed by atoms with Gasteiger partial charge in [0.1, 0.15) is 0 Å². The fourth-order valence-electron chi connectivity index (χ4n) is 2.66. The lowest BCUT2D eigenvalue weighted by Crippen LogP contribution is -2.44. The van der Waals surface area contributed by atoms with Gasteiger partial charge in [-0.1, -0.05) is 0 Å². The molecule has 1 heterocycles. The maximum atomic E-state index is 11.6. The smallest absolute Gasteiger partial charge is 0.191 e. The van der Waals surface area contributed by atoms with Crippen molar-refractivity contribution in [1.82, 2.24) is 10.6 Å². The molecule has 0 aliphatic carbocycles. The standard InChI is InChI=1S/C16H24BrN3O4S.HI/c1-4-18-16(20-12-5-6-25(21,22)10-12)19-9-11-7-13(17)15(24-3)14(8-11)23-2;/h7-8,12H,4-6,9-10H2,1-3H3,(H2,18,19,20);1H. The van der Waals surface area contributed by atoms with Crippen LogP contribution in [-0.2, 0) is 16.4 Å². The minimum Gasteiger partial charge on any atom is -0.493 e. The van der Waals surface area contributed by atoms with Crippen LogP contribution in [0.25, 0.3) is 0 Å². The highest BCUT2D eigenvalue weighted by atomic mass is 127. The van der Waals surface area contributed by atoms with E-state index >= 15 is 0 Å². The molecule has 148 valence electrons. The molecule has 0 radical (unpaired) electrons. The number of rotatable bonds is 6. The van der Waals surface area contributed by atoms with Crippen LogP contribution in [0.1, 0.15) is 18.9 Å². The van der Waals surface area contributed by atoms with Crippen LogP contribution in [0.4, 0.5) is 0 Å². The summed E-state index contributed by atoms with van der Waals surface area (Å²) in [5.74, 6) is 2.25. The first-order valence-corrected chi connectivity index (χ1v) is 10.7. The molecular weight excluding hydrogens is 537 g/mol. The molecule has 26 heavy (non-hydrogen) atoms. The molecule has 0 aromatic heterocycles. The van der Waals surface area contributed by atoms with E-state index in [0.29, 0.717) is 37.0 Å². The van der Waals surface area contributed by atoms with Crippen LogP contribution in [-0.4, -0.2) is 52.7 Å². The highest BCUT2D eigenvalue weighted by Crippen LogP contribution is 2.36. The first-order valence-electron chi connectivity index (χ1n) is 8.04. The van der Waals surface area contributed by atoms with Gasteiger partial charge in [0.05, 0.1) is 36.7 Å². The van der Waals surface area contributed by atoms with Crippen LogP contribution in [0.15, 0.2) is 21.6 Å². The van der Waals surface area contributed by atoms with Gasteiger partial charge in [0.2, 0.25) is 0 Å². The molecule has 1 saturated heterocycles. The molecule has 0 saturated carbocycles. The third-order valence-electron chi connectivity index (χ3n) is 3.83. The minimum absolute atomic E-state index is 0. The molecule has 7 nitrogen and oxygen atoms in total. The number of benzene rings is 1. The Morgan fingerprint density at radius 2 is 2.08 bits per heavy atom. The number of halogens is 2. The Hall–Kier alpha value is -0.750. The number of hydrogen-bond acceptors (Lipinski definition) is 5. The molecule has 1 aromatic carbocycles. The second kappa shape index (κ2) is 10.5. The van der Waals surface area contributed by atoms with Gasteiger partial charge in [-0.15, -0.1) is 24.0 Å². The molecule has 10 heteroatoms. The fourth-order valence-corrected chi connectivity index (χ4v) is 4.98. The van der Waals surface area contributed by atoms with Crippen molar-refractivity contribution in [3.05, 3.63) is 22.2 Å². The summed E-state index contributed by atoms with van der Waals surface area (Å²) in [6.07, 6.45) is 0.606. The number of methoxy groups -OCH3 is 2. The summed E-state index contributed by atoms with van der Waals surface area (Å²) in [5.41, 5.74) is 0.945. The zero-order valence-corrected chi connectivity index (χ0v) is 19.8. The fraction of sp³-hybridized carbons (Fsp3) is 0.562. The summed E-state index contributed by atoms with van der Waals surface area (Å²) >= 11 is 3.47. The second-order valence-corrected chi connectivity index (χ2v) is 8.84. The quantitative estimate of drug-likeness (QED) is 0.315. The molecule has 1 unspecified atom stereocenters. The van der Waals surface area contributed by atoms with Crippen molar-refractivity contribution in [2.45, 2.75) is 25.9 Å². The van der Waals surface area contributed by atoms with Gasteiger partial charge in [-0.3, -0.25) is 0 Å². The van der Waals surface area contributed by atoms with E-state index in [0.717, 1.165) is 10.0 Å². The molecular formula is C16H25BrIN3O4S. The van der Waals surface area contributed by atoms with Crippen molar-refractivity contribution in [1.29, 1.82) is 0 Å². The van der Waals surface area contributed by atoms with Gasteiger partial charge in [0, 0.05) is 12.6 Å². The number of hydrogen-bond donors (Lipinski definition) is 2. The first-order chi connectivity index (χ1) is 11.9. The topological polar surface area (TPSA) is 89.0 Å². The van der Waals surface area contributed by atoms with Gasteiger partial charge in [0.25, 0.3) is 0 Å². The van der Waals surface area contributed by atoms with E-state index in [2.05, 4.69) is 31.6 Å². The van der Waals surface area contributed by atoms with Gasteiger partial charge in [-0.05, 0) is 47.0 Å². The number of sulfone groups is 1. The van der Waals surface area contributed by atoms with Gasteiger partial charge >= 0.3 is 0 Å². The monoisotopic (exact) mass is 561 g/mol. The lowest BCUT2D eigenvalue weighted by atomic mass is 10.2. The van der Waals surface area contributed by atoms with E-state index in [1.54, 1.807) is 14.2 Å². The number of nitrogens with one attached hydrogen (secondary N) is 2. The third-order valence-corrected chi connectivity index (χ3v) is 6.19. The summed E-state index contributed by atoms with van der Waals surface area (Å²) < 4.78 is 34.6. The van der Waals surface area contributed by atoms with Crippen LogP contribution >= 0.6 is 39.9 Å². The Balaban J connectivity index is 0.00000338. The van der Waals surface area contributed by atoms with Crippen LogP contribution in [0.5, 0.6) is 11.5 Å².